The van der Waals surface area contributed by atoms with Gasteiger partial charge < -0.3 is 10.2 Å². The fourth-order valence-electron chi connectivity index (χ4n) is 1.36. The molecule has 1 aromatic carbocycles. The number of nitrogens with one attached hydrogen (secondary N) is 1. The Kier molecular flexibility index (Phi) is 3.72. The Morgan fingerprint density at radius 3 is 2.84 bits per heavy atom. The number of hydrogen-bond acceptors (Lipinski definition) is 5. The summed E-state index contributed by atoms with van der Waals surface area (Å²) in [7, 11) is 0. The first-order valence-corrected chi connectivity index (χ1v) is 5.42. The van der Waals surface area contributed by atoms with Gasteiger partial charge in [0.25, 0.3) is 5.91 Å². The topological polar surface area (TPSA) is 94.8 Å². The van der Waals surface area contributed by atoms with E-state index in [1.54, 1.807) is 18.3 Å². The van der Waals surface area contributed by atoms with Crippen LogP contribution in [0.2, 0.25) is 0 Å². The van der Waals surface area contributed by atoms with Crippen LogP contribution < -0.4 is 5.43 Å². The molecule has 0 saturated heterocycles. The molecule has 0 aliphatic heterocycles. The number of aromatic hydroxyl groups is 2. The maximum Gasteiger partial charge on any atom is 0.272 e. The van der Waals surface area contributed by atoms with E-state index in [1.807, 2.05) is 0 Å². The van der Waals surface area contributed by atoms with Crippen molar-refractivity contribution in [1.82, 2.24) is 10.4 Å². The van der Waals surface area contributed by atoms with Gasteiger partial charge in [-0.1, -0.05) is 0 Å². The van der Waals surface area contributed by atoms with E-state index in [2.05, 4.69) is 15.5 Å². The van der Waals surface area contributed by atoms with Crippen LogP contribution in [-0.4, -0.2) is 27.3 Å². The van der Waals surface area contributed by atoms with E-state index < -0.39 is 5.91 Å². The van der Waals surface area contributed by atoms with Gasteiger partial charge in [0.2, 0.25) is 0 Å². The molecule has 3 N–H and O–H groups in total. The van der Waals surface area contributed by atoms with Crippen LogP contribution in [-0.2, 0) is 0 Å². The van der Waals surface area contributed by atoms with Gasteiger partial charge in [0.15, 0.2) is 0 Å². The molecule has 1 heterocycles. The second-order valence-electron chi connectivity index (χ2n) is 3.68. The molecule has 2 rings (SSSR count). The molecule has 6 heteroatoms. The van der Waals surface area contributed by atoms with Gasteiger partial charge in [-0.2, -0.15) is 5.10 Å². The van der Waals surface area contributed by atoms with Crippen LogP contribution >= 0.6 is 0 Å². The highest BCUT2D eigenvalue weighted by molar-refractivity contribution is 5.94. The number of benzene rings is 1. The van der Waals surface area contributed by atoms with Crippen LogP contribution in [0.4, 0.5) is 0 Å². The SMILES string of the molecule is O=C(N/N=C/c1ccc(O)cc1O)c1cccnc1. The fourth-order valence-corrected chi connectivity index (χ4v) is 1.36. The van der Waals surface area contributed by atoms with Crippen LogP contribution in [0.15, 0.2) is 47.8 Å². The van der Waals surface area contributed by atoms with Crippen molar-refractivity contribution < 1.29 is 15.0 Å². The zero-order chi connectivity index (χ0) is 13.7. The highest BCUT2D eigenvalue weighted by Gasteiger charge is 2.03. The zero-order valence-electron chi connectivity index (χ0n) is 9.82. The van der Waals surface area contributed by atoms with Gasteiger partial charge in [0.1, 0.15) is 11.5 Å². The van der Waals surface area contributed by atoms with Gasteiger partial charge in [-0.25, -0.2) is 5.43 Å². The van der Waals surface area contributed by atoms with Gasteiger partial charge in [0.05, 0.1) is 11.8 Å². The Morgan fingerprint density at radius 1 is 1.32 bits per heavy atom. The standard InChI is InChI=1S/C13H11N3O3/c17-11-4-3-9(12(18)6-11)8-15-16-13(19)10-2-1-5-14-7-10/h1-8,17-18H,(H,16,19)/b15-8+. The number of phenolic OH excluding ortho intramolecular Hbond substituents is 2. The average molecular weight is 257 g/mol. The smallest absolute Gasteiger partial charge is 0.272 e. The molecule has 0 radical (unpaired) electrons. The summed E-state index contributed by atoms with van der Waals surface area (Å²) < 4.78 is 0. The molecular weight excluding hydrogens is 246 g/mol. The minimum absolute atomic E-state index is 0.0472. The van der Waals surface area contributed by atoms with Gasteiger partial charge in [-0.15, -0.1) is 0 Å². The number of phenols is 2. The molecule has 6 nitrogen and oxygen atoms in total. The van der Waals surface area contributed by atoms with E-state index in [1.165, 1.54) is 30.6 Å². The lowest BCUT2D eigenvalue weighted by atomic mass is 10.2. The first-order valence-electron chi connectivity index (χ1n) is 5.42. The zero-order valence-corrected chi connectivity index (χ0v) is 9.82. The fraction of sp³-hybridized carbons (Fsp3) is 0. The molecule has 0 bridgehead atoms. The normalized spacial score (nSPS) is 10.5. The maximum absolute atomic E-state index is 11.6. The van der Waals surface area contributed by atoms with E-state index in [4.69, 9.17) is 5.11 Å². The number of pyridine rings is 1. The molecule has 1 aromatic heterocycles. The quantitative estimate of drug-likeness (QED) is 0.569. The number of carbonyl (C=O) groups excluding carboxylic acids is 1. The van der Waals surface area contributed by atoms with Crippen molar-refractivity contribution >= 4 is 12.1 Å². The van der Waals surface area contributed by atoms with Crippen molar-refractivity contribution in [1.29, 1.82) is 0 Å². The summed E-state index contributed by atoms with van der Waals surface area (Å²) in [4.78, 5) is 15.4. The van der Waals surface area contributed by atoms with E-state index >= 15 is 0 Å². The molecule has 0 aliphatic rings. The molecule has 0 fully saturated rings. The molecule has 1 amide bonds. The lowest BCUT2D eigenvalue weighted by molar-refractivity contribution is 0.0954. The molecule has 0 saturated carbocycles. The third-order valence-electron chi connectivity index (χ3n) is 2.31. The third kappa shape index (κ3) is 3.29. The van der Waals surface area contributed by atoms with Gasteiger partial charge in [0, 0.05) is 24.0 Å². The van der Waals surface area contributed by atoms with Crippen LogP contribution in [0.3, 0.4) is 0 Å². The second kappa shape index (κ2) is 5.63. The third-order valence-corrected chi connectivity index (χ3v) is 2.31. The highest BCUT2D eigenvalue weighted by Crippen LogP contribution is 2.20. The lowest BCUT2D eigenvalue weighted by Gasteiger charge is -2.00. The first kappa shape index (κ1) is 12.6. The maximum atomic E-state index is 11.6. The summed E-state index contributed by atoms with van der Waals surface area (Å²) in [5.41, 5.74) is 3.07. The Hall–Kier alpha value is -2.89. The summed E-state index contributed by atoms with van der Waals surface area (Å²) in [5.74, 6) is -0.573. The van der Waals surface area contributed by atoms with Crippen LogP contribution in [0.5, 0.6) is 11.5 Å². The molecular formula is C13H11N3O3. The largest absolute Gasteiger partial charge is 0.508 e. The number of nitrogens with zero attached hydrogens (tertiary/aromatic N) is 2. The van der Waals surface area contributed by atoms with Crippen molar-refractivity contribution in [2.45, 2.75) is 0 Å². The van der Waals surface area contributed by atoms with E-state index in [0.29, 0.717) is 11.1 Å². The monoisotopic (exact) mass is 257 g/mol. The van der Waals surface area contributed by atoms with E-state index in [0.717, 1.165) is 0 Å². The van der Waals surface area contributed by atoms with Crippen molar-refractivity contribution in [2.75, 3.05) is 0 Å². The predicted octanol–water partition coefficient (Wildman–Crippen LogP) is 1.26. The molecule has 0 spiro atoms. The van der Waals surface area contributed by atoms with Crippen LogP contribution in [0, 0.1) is 0 Å². The minimum atomic E-state index is -0.400. The number of hydrazone groups is 1. The summed E-state index contributed by atoms with van der Waals surface area (Å²) in [6.07, 6.45) is 4.26. The van der Waals surface area contributed by atoms with Crippen molar-refractivity contribution in [3.05, 3.63) is 53.9 Å². The number of aromatic nitrogens is 1. The molecule has 0 unspecified atom stereocenters. The van der Waals surface area contributed by atoms with Crippen LogP contribution in [0.1, 0.15) is 15.9 Å². The number of rotatable bonds is 3. The van der Waals surface area contributed by atoms with E-state index in [9.17, 15) is 9.90 Å². The molecule has 2 aromatic rings. The van der Waals surface area contributed by atoms with Crippen molar-refractivity contribution in [3.8, 4) is 11.5 Å². The van der Waals surface area contributed by atoms with Gasteiger partial charge in [-0.3, -0.25) is 9.78 Å². The highest BCUT2D eigenvalue weighted by atomic mass is 16.3. The summed E-state index contributed by atoms with van der Waals surface area (Å²) >= 11 is 0. The second-order valence-corrected chi connectivity index (χ2v) is 3.68. The Balaban J connectivity index is 2.02. The van der Waals surface area contributed by atoms with Gasteiger partial charge in [-0.05, 0) is 24.3 Å². The molecule has 96 valence electrons. The minimum Gasteiger partial charge on any atom is -0.508 e. The summed E-state index contributed by atoms with van der Waals surface area (Å²) in [5, 5.41) is 22.3. The van der Waals surface area contributed by atoms with Crippen molar-refractivity contribution in [3.63, 3.8) is 0 Å². The lowest BCUT2D eigenvalue weighted by Crippen LogP contribution is -2.17. The Labute approximate surface area is 109 Å². The number of carbonyl (C=O) groups is 1. The van der Waals surface area contributed by atoms with Crippen molar-refractivity contribution in [2.24, 2.45) is 5.10 Å². The first-order chi connectivity index (χ1) is 9.16. The molecule has 19 heavy (non-hydrogen) atoms. The average Bonchev–Trinajstić information content (AvgIpc) is 2.42. The molecule has 0 atom stereocenters. The summed E-state index contributed by atoms with van der Waals surface area (Å²) in [6, 6.07) is 7.32. The Morgan fingerprint density at radius 2 is 2.16 bits per heavy atom. The van der Waals surface area contributed by atoms with Crippen LogP contribution in [0.25, 0.3) is 0 Å². The predicted molar refractivity (Wildman–Crippen MR) is 69.1 cm³/mol. The van der Waals surface area contributed by atoms with Gasteiger partial charge >= 0.3 is 0 Å². The molecule has 0 aliphatic carbocycles. The number of amides is 1. The summed E-state index contributed by atoms with van der Waals surface area (Å²) in [6.45, 7) is 0. The Bertz CT molecular complexity index is 612. The van der Waals surface area contributed by atoms with E-state index in [-0.39, 0.29) is 11.5 Å². The number of hydrogen-bond donors (Lipinski definition) is 3.